The minimum absolute atomic E-state index is 0.00904. The summed E-state index contributed by atoms with van der Waals surface area (Å²) >= 11 is 13.7. The van der Waals surface area contributed by atoms with Crippen molar-refractivity contribution in [3.63, 3.8) is 0 Å². The summed E-state index contributed by atoms with van der Waals surface area (Å²) in [6, 6.07) is 8.33. The molecule has 0 aliphatic carbocycles. The number of nitrogens with one attached hydrogen (secondary N) is 2. The Morgan fingerprint density at radius 2 is 1.92 bits per heavy atom. The molecular weight excluding hydrogens is 564 g/mol. The normalized spacial score (nSPS) is 11.3. The molecule has 2 heterocycles. The van der Waals surface area contributed by atoms with Crippen LogP contribution in [0.3, 0.4) is 0 Å². The summed E-state index contributed by atoms with van der Waals surface area (Å²) in [6.45, 7) is 0.124. The Kier molecular flexibility index (Phi) is 7.78. The van der Waals surface area contributed by atoms with E-state index in [4.69, 9.17) is 23.2 Å². The van der Waals surface area contributed by atoms with Gasteiger partial charge in [-0.2, -0.15) is 18.4 Å². The molecular formula is C25H15Cl2F3N4O3S. The van der Waals surface area contributed by atoms with Gasteiger partial charge in [0.25, 0.3) is 11.5 Å². The second kappa shape index (κ2) is 10.9. The number of amides is 1. The molecule has 4 rings (SSSR count). The van der Waals surface area contributed by atoms with Gasteiger partial charge in [-0.25, -0.2) is 4.98 Å². The number of H-pyrrole nitrogens is 1. The van der Waals surface area contributed by atoms with Crippen molar-refractivity contribution in [2.24, 2.45) is 0 Å². The molecule has 0 saturated carbocycles. The zero-order valence-electron chi connectivity index (χ0n) is 19.0. The number of benzene rings is 2. The van der Waals surface area contributed by atoms with Crippen molar-refractivity contribution in [3.05, 3.63) is 90.1 Å². The number of hydrogen-bond donors (Lipinski definition) is 3. The average molecular weight is 579 g/mol. The number of nitriles is 1. The first kappa shape index (κ1) is 27.2. The van der Waals surface area contributed by atoms with Crippen molar-refractivity contribution in [2.45, 2.75) is 12.6 Å². The maximum Gasteiger partial charge on any atom is 0.416 e. The largest absolute Gasteiger partial charge is 0.507 e. The molecule has 0 bridgehead atoms. The van der Waals surface area contributed by atoms with Crippen LogP contribution in [0.2, 0.25) is 10.0 Å². The van der Waals surface area contributed by atoms with E-state index < -0.39 is 28.8 Å². The van der Waals surface area contributed by atoms with E-state index in [9.17, 15) is 33.1 Å². The van der Waals surface area contributed by atoms with E-state index in [0.29, 0.717) is 5.56 Å². The van der Waals surface area contributed by atoms with Crippen LogP contribution in [0, 0.1) is 11.3 Å². The summed E-state index contributed by atoms with van der Waals surface area (Å²) < 4.78 is 40.0. The van der Waals surface area contributed by atoms with E-state index in [1.165, 1.54) is 35.0 Å². The first-order chi connectivity index (χ1) is 18.0. The van der Waals surface area contributed by atoms with Gasteiger partial charge >= 0.3 is 6.18 Å². The van der Waals surface area contributed by atoms with Crippen molar-refractivity contribution in [3.8, 4) is 34.2 Å². The lowest BCUT2D eigenvalue weighted by Crippen LogP contribution is -2.25. The zero-order chi connectivity index (χ0) is 27.6. The van der Waals surface area contributed by atoms with Gasteiger partial charge in [-0.15, -0.1) is 11.3 Å². The highest BCUT2D eigenvalue weighted by Crippen LogP contribution is 2.39. The molecule has 0 fully saturated rings. The van der Waals surface area contributed by atoms with Crippen molar-refractivity contribution in [1.29, 1.82) is 5.26 Å². The van der Waals surface area contributed by atoms with E-state index in [0.717, 1.165) is 18.2 Å². The molecule has 13 heteroatoms. The second-order valence-electron chi connectivity index (χ2n) is 7.95. The number of phenols is 1. The van der Waals surface area contributed by atoms with Crippen LogP contribution < -0.4 is 10.9 Å². The monoisotopic (exact) mass is 578 g/mol. The highest BCUT2D eigenvalue weighted by molar-refractivity contribution is 7.07. The quantitative estimate of drug-likeness (QED) is 0.257. The molecule has 0 atom stereocenters. The van der Waals surface area contributed by atoms with Crippen LogP contribution in [-0.2, 0) is 12.6 Å². The number of hydrogen-bond acceptors (Lipinski definition) is 6. The van der Waals surface area contributed by atoms with Crippen LogP contribution in [0.5, 0.6) is 5.75 Å². The second-order valence-corrected chi connectivity index (χ2v) is 9.51. The summed E-state index contributed by atoms with van der Waals surface area (Å²) in [4.78, 5) is 31.3. The number of carbonyl (C=O) groups excluding carboxylic acids is 1. The van der Waals surface area contributed by atoms with Crippen molar-refractivity contribution in [2.75, 3.05) is 6.54 Å². The minimum atomic E-state index is -4.69. The molecule has 3 N–H and O–H groups in total. The molecule has 38 heavy (non-hydrogen) atoms. The van der Waals surface area contributed by atoms with Crippen LogP contribution >= 0.6 is 34.5 Å². The summed E-state index contributed by atoms with van der Waals surface area (Å²) in [5, 5.41) is 24.8. The zero-order valence-corrected chi connectivity index (χ0v) is 21.3. The molecule has 194 valence electrons. The Balaban J connectivity index is 1.75. The number of aromatic nitrogens is 2. The van der Waals surface area contributed by atoms with E-state index in [-0.39, 0.29) is 56.8 Å². The van der Waals surface area contributed by atoms with E-state index in [2.05, 4.69) is 15.3 Å². The number of pyridine rings is 1. The third-order valence-electron chi connectivity index (χ3n) is 5.52. The predicted octanol–water partition coefficient (Wildman–Crippen LogP) is 6.04. The smallest absolute Gasteiger partial charge is 0.416 e. The number of phenolic OH excluding ortho intramolecular Hbond substituents is 1. The van der Waals surface area contributed by atoms with Gasteiger partial charge in [0.1, 0.15) is 23.1 Å². The molecule has 0 aliphatic heterocycles. The van der Waals surface area contributed by atoms with E-state index >= 15 is 0 Å². The van der Waals surface area contributed by atoms with Gasteiger partial charge in [0, 0.05) is 38.7 Å². The Bertz CT molecular complexity index is 1630. The van der Waals surface area contributed by atoms with Gasteiger partial charge in [0.05, 0.1) is 16.8 Å². The number of rotatable bonds is 6. The minimum Gasteiger partial charge on any atom is -0.507 e. The third kappa shape index (κ3) is 5.67. The number of halogens is 5. The number of thiazole rings is 1. The Labute approximate surface area is 227 Å². The SMILES string of the molecule is N#Cc1c(-c2cc(C(F)(F)F)ccc2Cl)cc(-c2cc(Cl)cc(CCNC(=O)c3cscn3)c2O)[nH]c1=O. The Morgan fingerprint density at radius 3 is 2.58 bits per heavy atom. The lowest BCUT2D eigenvalue weighted by Gasteiger charge is -2.15. The molecule has 2 aromatic carbocycles. The number of carbonyl (C=O) groups is 1. The van der Waals surface area contributed by atoms with E-state index in [1.807, 2.05) is 0 Å². The highest BCUT2D eigenvalue weighted by atomic mass is 35.5. The maximum atomic E-state index is 13.3. The molecule has 0 saturated heterocycles. The molecule has 0 unspecified atom stereocenters. The summed E-state index contributed by atoms with van der Waals surface area (Å²) in [5.41, 5.74) is -0.563. The summed E-state index contributed by atoms with van der Waals surface area (Å²) in [7, 11) is 0. The fourth-order valence-corrected chi connectivity index (χ4v) is 4.71. The van der Waals surface area contributed by atoms with Crippen molar-refractivity contribution in [1.82, 2.24) is 15.3 Å². The molecule has 1 amide bonds. The molecule has 0 radical (unpaired) electrons. The topological polar surface area (TPSA) is 119 Å². The lowest BCUT2D eigenvalue weighted by atomic mass is 9.96. The first-order valence-corrected chi connectivity index (χ1v) is 12.4. The van der Waals surface area contributed by atoms with Gasteiger partial charge in [-0.05, 0) is 48.4 Å². The third-order valence-corrected chi connectivity index (χ3v) is 6.65. The molecule has 0 spiro atoms. The molecule has 7 nitrogen and oxygen atoms in total. The van der Waals surface area contributed by atoms with Crippen LogP contribution in [0.25, 0.3) is 22.4 Å². The number of aromatic hydroxyl groups is 1. The predicted molar refractivity (Wildman–Crippen MR) is 137 cm³/mol. The van der Waals surface area contributed by atoms with Crippen molar-refractivity contribution >= 4 is 40.4 Å². The molecule has 4 aromatic rings. The molecule has 0 aliphatic rings. The van der Waals surface area contributed by atoms with Crippen molar-refractivity contribution < 1.29 is 23.1 Å². The fraction of sp³-hybridized carbons (Fsp3) is 0.120. The summed E-state index contributed by atoms with van der Waals surface area (Å²) in [5.74, 6) is -0.675. The maximum absolute atomic E-state index is 13.3. The van der Waals surface area contributed by atoms with Gasteiger partial charge in [0.2, 0.25) is 0 Å². The number of alkyl halides is 3. The van der Waals surface area contributed by atoms with E-state index in [1.54, 1.807) is 11.4 Å². The lowest BCUT2D eigenvalue weighted by molar-refractivity contribution is -0.137. The van der Waals surface area contributed by atoms with Gasteiger partial charge in [-0.1, -0.05) is 23.2 Å². The number of nitrogens with zero attached hydrogens (tertiary/aromatic N) is 2. The Hall–Kier alpha value is -3.85. The van der Waals surface area contributed by atoms with Gasteiger partial charge in [0.15, 0.2) is 0 Å². The standard InChI is InChI=1S/C25H15Cl2F3N4O3S/c26-14-5-12(3-4-32-24(37)21-10-38-11-33-21)22(35)17(7-14)20-8-15(18(9-31)23(36)34-20)16-6-13(25(28,29)30)1-2-19(16)27/h1-2,5-8,10-11,35H,3-4H2,(H,32,37)(H,34,36). The average Bonchev–Trinajstić information content (AvgIpc) is 3.40. The van der Waals surface area contributed by atoms with Crippen LogP contribution in [0.4, 0.5) is 13.2 Å². The number of aromatic amines is 1. The van der Waals surface area contributed by atoms with Gasteiger partial charge in [-0.3, -0.25) is 9.59 Å². The summed E-state index contributed by atoms with van der Waals surface area (Å²) in [6.07, 6.45) is -4.53. The van der Waals surface area contributed by atoms with Crippen LogP contribution in [0.1, 0.15) is 27.2 Å². The van der Waals surface area contributed by atoms with Crippen LogP contribution in [0.15, 0.2) is 52.1 Å². The Morgan fingerprint density at radius 1 is 1.16 bits per heavy atom. The fourth-order valence-electron chi connectivity index (χ4n) is 3.71. The first-order valence-electron chi connectivity index (χ1n) is 10.7. The highest BCUT2D eigenvalue weighted by Gasteiger charge is 2.31. The van der Waals surface area contributed by atoms with Crippen LogP contribution in [-0.4, -0.2) is 27.5 Å². The van der Waals surface area contributed by atoms with Gasteiger partial charge < -0.3 is 15.4 Å². The molecule has 2 aromatic heterocycles.